The summed E-state index contributed by atoms with van der Waals surface area (Å²) in [4.78, 5) is 23.8. The molecular weight excluding hydrogens is 220 g/mol. The number of carbonyl (C=O) groups is 2. The van der Waals surface area contributed by atoms with E-state index in [1.54, 1.807) is 25.1 Å². The van der Waals surface area contributed by atoms with Crippen molar-refractivity contribution in [1.82, 2.24) is 4.90 Å². The SMILES string of the molecule is CCN(CC(=O)O)C(=O)c1ccc(C)c(N)c1. The Hall–Kier alpha value is -2.04. The van der Waals surface area contributed by atoms with Crippen LogP contribution in [0.5, 0.6) is 0 Å². The lowest BCUT2D eigenvalue weighted by Gasteiger charge is -2.18. The van der Waals surface area contributed by atoms with Crippen LogP contribution in [-0.4, -0.2) is 35.0 Å². The first-order valence-electron chi connectivity index (χ1n) is 5.33. The number of nitrogen functional groups attached to an aromatic ring is 1. The monoisotopic (exact) mass is 236 g/mol. The lowest BCUT2D eigenvalue weighted by Crippen LogP contribution is -2.35. The Morgan fingerprint density at radius 3 is 2.53 bits per heavy atom. The predicted octanol–water partition coefficient (Wildman–Crippen LogP) is 1.12. The van der Waals surface area contributed by atoms with Gasteiger partial charge in [-0.2, -0.15) is 0 Å². The highest BCUT2D eigenvalue weighted by Gasteiger charge is 2.17. The molecule has 0 atom stereocenters. The van der Waals surface area contributed by atoms with E-state index in [4.69, 9.17) is 10.8 Å². The first-order chi connectivity index (χ1) is 7.95. The third kappa shape index (κ3) is 3.21. The molecule has 1 aromatic rings. The molecule has 0 heterocycles. The maximum Gasteiger partial charge on any atom is 0.323 e. The molecule has 0 bridgehead atoms. The van der Waals surface area contributed by atoms with E-state index in [1.165, 1.54) is 4.90 Å². The van der Waals surface area contributed by atoms with Gasteiger partial charge in [-0.3, -0.25) is 9.59 Å². The standard InChI is InChI=1S/C12H16N2O3/c1-3-14(7-11(15)16)12(17)9-5-4-8(2)10(13)6-9/h4-6H,3,7,13H2,1-2H3,(H,15,16). The number of aliphatic carboxylic acids is 1. The van der Waals surface area contributed by atoms with Crippen molar-refractivity contribution in [2.45, 2.75) is 13.8 Å². The van der Waals surface area contributed by atoms with Gasteiger partial charge in [0.1, 0.15) is 6.54 Å². The van der Waals surface area contributed by atoms with Crippen molar-refractivity contribution < 1.29 is 14.7 Å². The maximum atomic E-state index is 12.0. The number of carboxylic acid groups (broad SMARTS) is 1. The number of rotatable bonds is 4. The van der Waals surface area contributed by atoms with E-state index in [0.29, 0.717) is 17.8 Å². The van der Waals surface area contributed by atoms with Gasteiger partial charge in [-0.25, -0.2) is 0 Å². The summed E-state index contributed by atoms with van der Waals surface area (Å²) < 4.78 is 0. The molecule has 5 nitrogen and oxygen atoms in total. The number of amides is 1. The molecule has 17 heavy (non-hydrogen) atoms. The smallest absolute Gasteiger partial charge is 0.323 e. The number of carbonyl (C=O) groups excluding carboxylic acids is 1. The number of hydrogen-bond acceptors (Lipinski definition) is 3. The Labute approximate surface area is 99.8 Å². The fourth-order valence-electron chi connectivity index (χ4n) is 1.45. The molecular formula is C12H16N2O3. The van der Waals surface area contributed by atoms with Gasteiger partial charge < -0.3 is 15.7 Å². The van der Waals surface area contributed by atoms with Gasteiger partial charge in [-0.1, -0.05) is 6.07 Å². The molecule has 3 N–H and O–H groups in total. The molecule has 0 unspecified atom stereocenters. The second-order valence-corrected chi connectivity index (χ2v) is 3.78. The van der Waals surface area contributed by atoms with Crippen LogP contribution in [0.4, 0.5) is 5.69 Å². The van der Waals surface area contributed by atoms with Gasteiger partial charge >= 0.3 is 5.97 Å². The number of aryl methyl sites for hydroxylation is 1. The number of nitrogens with two attached hydrogens (primary N) is 1. The van der Waals surface area contributed by atoms with Crippen LogP contribution < -0.4 is 5.73 Å². The molecule has 0 aromatic heterocycles. The van der Waals surface area contributed by atoms with Crippen LogP contribution in [0.2, 0.25) is 0 Å². The second-order valence-electron chi connectivity index (χ2n) is 3.78. The van der Waals surface area contributed by atoms with Crippen LogP contribution in [0, 0.1) is 6.92 Å². The van der Waals surface area contributed by atoms with Crippen LogP contribution in [0.1, 0.15) is 22.8 Å². The minimum atomic E-state index is -1.03. The number of hydrogen-bond donors (Lipinski definition) is 2. The van der Waals surface area contributed by atoms with E-state index in [1.807, 2.05) is 6.92 Å². The molecule has 0 aliphatic carbocycles. The van der Waals surface area contributed by atoms with Crippen molar-refractivity contribution in [2.24, 2.45) is 0 Å². The summed E-state index contributed by atoms with van der Waals surface area (Å²) in [7, 11) is 0. The van der Waals surface area contributed by atoms with Gasteiger partial charge in [-0.15, -0.1) is 0 Å². The van der Waals surface area contributed by atoms with Crippen molar-refractivity contribution in [3.63, 3.8) is 0 Å². The molecule has 1 aromatic carbocycles. The number of carboxylic acids is 1. The molecule has 0 saturated heterocycles. The lowest BCUT2D eigenvalue weighted by molar-refractivity contribution is -0.137. The number of benzene rings is 1. The van der Waals surface area contributed by atoms with Gasteiger partial charge in [0.2, 0.25) is 0 Å². The fourth-order valence-corrected chi connectivity index (χ4v) is 1.45. The average Bonchev–Trinajstić information content (AvgIpc) is 2.28. The first-order valence-corrected chi connectivity index (χ1v) is 5.33. The van der Waals surface area contributed by atoms with Crippen molar-refractivity contribution >= 4 is 17.6 Å². The molecule has 0 saturated carbocycles. The summed E-state index contributed by atoms with van der Waals surface area (Å²) in [5.41, 5.74) is 7.55. The van der Waals surface area contributed by atoms with Crippen molar-refractivity contribution in [3.05, 3.63) is 29.3 Å². The number of anilines is 1. The summed E-state index contributed by atoms with van der Waals surface area (Å²) in [5, 5.41) is 8.69. The maximum absolute atomic E-state index is 12.0. The van der Waals surface area contributed by atoms with Crippen LogP contribution in [0.25, 0.3) is 0 Å². The van der Waals surface area contributed by atoms with E-state index >= 15 is 0 Å². The van der Waals surface area contributed by atoms with E-state index in [2.05, 4.69) is 0 Å². The van der Waals surface area contributed by atoms with Crippen molar-refractivity contribution in [1.29, 1.82) is 0 Å². The lowest BCUT2D eigenvalue weighted by atomic mass is 10.1. The highest BCUT2D eigenvalue weighted by atomic mass is 16.4. The highest BCUT2D eigenvalue weighted by molar-refractivity contribution is 5.96. The van der Waals surface area contributed by atoms with Gasteiger partial charge in [0.15, 0.2) is 0 Å². The third-order valence-corrected chi connectivity index (χ3v) is 2.52. The normalized spacial score (nSPS) is 10.0. The second kappa shape index (κ2) is 5.34. The van der Waals surface area contributed by atoms with Gasteiger partial charge in [-0.05, 0) is 31.5 Å². The summed E-state index contributed by atoms with van der Waals surface area (Å²) in [5.74, 6) is -1.35. The zero-order chi connectivity index (χ0) is 13.0. The fraction of sp³-hybridized carbons (Fsp3) is 0.333. The van der Waals surface area contributed by atoms with E-state index < -0.39 is 5.97 Å². The Morgan fingerprint density at radius 2 is 2.06 bits per heavy atom. The summed E-state index contributed by atoms with van der Waals surface area (Å²) >= 11 is 0. The van der Waals surface area contributed by atoms with E-state index in [0.717, 1.165) is 5.56 Å². The van der Waals surface area contributed by atoms with Crippen LogP contribution in [0.15, 0.2) is 18.2 Å². The molecule has 0 aliphatic heterocycles. The first kappa shape index (κ1) is 13.0. The topological polar surface area (TPSA) is 83.6 Å². The molecule has 0 radical (unpaired) electrons. The van der Waals surface area contributed by atoms with E-state index in [-0.39, 0.29) is 12.5 Å². The van der Waals surface area contributed by atoms with Crippen LogP contribution in [0.3, 0.4) is 0 Å². The molecule has 1 rings (SSSR count). The molecule has 0 aliphatic rings. The van der Waals surface area contributed by atoms with Crippen LogP contribution in [-0.2, 0) is 4.79 Å². The molecule has 0 fully saturated rings. The Morgan fingerprint density at radius 1 is 1.41 bits per heavy atom. The number of likely N-dealkylation sites (N-methyl/N-ethyl adjacent to an activating group) is 1. The Kier molecular flexibility index (Phi) is 4.09. The largest absolute Gasteiger partial charge is 0.480 e. The molecule has 92 valence electrons. The quantitative estimate of drug-likeness (QED) is 0.767. The van der Waals surface area contributed by atoms with E-state index in [9.17, 15) is 9.59 Å². The molecule has 0 spiro atoms. The zero-order valence-electron chi connectivity index (χ0n) is 9.93. The summed E-state index contributed by atoms with van der Waals surface area (Å²) in [6, 6.07) is 4.97. The molecule has 5 heteroatoms. The van der Waals surface area contributed by atoms with Gasteiger partial charge in [0.05, 0.1) is 0 Å². The number of nitrogens with zero attached hydrogens (tertiary/aromatic N) is 1. The summed E-state index contributed by atoms with van der Waals surface area (Å²) in [6.07, 6.45) is 0. The Bertz CT molecular complexity index is 443. The highest BCUT2D eigenvalue weighted by Crippen LogP contribution is 2.14. The minimum absolute atomic E-state index is 0.302. The minimum Gasteiger partial charge on any atom is -0.480 e. The van der Waals surface area contributed by atoms with Crippen molar-refractivity contribution in [3.8, 4) is 0 Å². The summed E-state index contributed by atoms with van der Waals surface area (Å²) in [6.45, 7) is 3.62. The van der Waals surface area contributed by atoms with Gasteiger partial charge in [0, 0.05) is 17.8 Å². The third-order valence-electron chi connectivity index (χ3n) is 2.52. The predicted molar refractivity (Wildman–Crippen MR) is 64.8 cm³/mol. The zero-order valence-corrected chi connectivity index (χ0v) is 9.93. The van der Waals surface area contributed by atoms with Crippen LogP contribution >= 0.6 is 0 Å². The van der Waals surface area contributed by atoms with Gasteiger partial charge in [0.25, 0.3) is 5.91 Å². The average molecular weight is 236 g/mol. The Balaban J connectivity index is 2.93. The van der Waals surface area contributed by atoms with Crippen molar-refractivity contribution in [2.75, 3.05) is 18.8 Å². The molecule has 1 amide bonds.